The molecule has 1 heterocycles. The summed E-state index contributed by atoms with van der Waals surface area (Å²) < 4.78 is 1.94. The highest BCUT2D eigenvalue weighted by Gasteiger charge is 2.51. The van der Waals surface area contributed by atoms with Crippen molar-refractivity contribution in [1.29, 1.82) is 0 Å². The number of quaternary nitrogens is 1. The number of carbonyl (C=O) groups excluding carboxylic acids is 2. The topological polar surface area (TPSA) is 37.4 Å². The zero-order chi connectivity index (χ0) is 22.3. The molecule has 0 saturated heterocycles. The van der Waals surface area contributed by atoms with Crippen molar-refractivity contribution in [1.82, 2.24) is 4.48 Å². The summed E-state index contributed by atoms with van der Waals surface area (Å²) in [5.74, 6) is -0.338. The summed E-state index contributed by atoms with van der Waals surface area (Å²) in [4.78, 5) is 26.4. The lowest BCUT2D eigenvalue weighted by Crippen LogP contribution is -2.65. The number of hydrogen-bond donors (Lipinski definition) is 0. The average molecular weight is 439 g/mol. The molecule has 4 nitrogen and oxygen atoms in total. The molecule has 0 N–H and O–H groups in total. The highest BCUT2D eigenvalue weighted by atomic mass is 31.1. The van der Waals surface area contributed by atoms with E-state index in [1.165, 1.54) is 19.2 Å². The van der Waals surface area contributed by atoms with Crippen LogP contribution in [-0.4, -0.2) is 18.5 Å². The Kier molecular flexibility index (Phi) is 5.13. The van der Waals surface area contributed by atoms with Crippen LogP contribution in [0.2, 0.25) is 0 Å². The summed E-state index contributed by atoms with van der Waals surface area (Å²) >= 11 is 0. The number of benzene rings is 4. The minimum absolute atomic E-state index is 0.169. The van der Waals surface area contributed by atoms with E-state index < -0.39 is 8.07 Å². The number of anilines is 1. The number of fused-ring (bicyclic) bond motifs is 2. The monoisotopic (exact) mass is 439 g/mol. The van der Waals surface area contributed by atoms with Crippen LogP contribution in [-0.2, 0) is 9.59 Å². The predicted octanol–water partition coefficient (Wildman–Crippen LogP) is 5.07. The van der Waals surface area contributed by atoms with Gasteiger partial charge in [-0.2, -0.15) is 0 Å². The number of nitrogens with zero attached hydrogens (tertiary/aromatic N) is 2. The first-order valence-corrected chi connectivity index (χ1v) is 11.9. The van der Waals surface area contributed by atoms with Crippen molar-refractivity contribution in [3.05, 3.63) is 97.1 Å². The normalized spacial score (nSPS) is 17.1. The lowest BCUT2D eigenvalue weighted by molar-refractivity contribution is -0.140. The molecule has 0 bridgehead atoms. The van der Waals surface area contributed by atoms with Gasteiger partial charge in [0, 0.05) is 17.1 Å². The molecule has 5 rings (SSSR count). The summed E-state index contributed by atoms with van der Waals surface area (Å²) in [5.41, 5.74) is 1.80. The van der Waals surface area contributed by atoms with Gasteiger partial charge in [0.05, 0.1) is 27.2 Å². The van der Waals surface area contributed by atoms with Crippen LogP contribution in [0.4, 0.5) is 11.4 Å². The fraction of sp³-hybridized carbons (Fsp3) is 0.111. The lowest BCUT2D eigenvalue weighted by atomic mass is 10.1. The Balaban J connectivity index is 1.88. The second-order valence-electron chi connectivity index (χ2n) is 8.06. The van der Waals surface area contributed by atoms with Crippen LogP contribution in [0, 0.1) is 0 Å². The molecule has 1 aliphatic heterocycles. The fourth-order valence-corrected chi connectivity index (χ4v) is 7.23. The Morgan fingerprint density at radius 1 is 0.750 bits per heavy atom. The molecule has 5 heteroatoms. The van der Waals surface area contributed by atoms with E-state index in [1.54, 1.807) is 0 Å². The second kappa shape index (κ2) is 7.98. The van der Waals surface area contributed by atoms with Crippen molar-refractivity contribution < 1.29 is 9.59 Å². The van der Waals surface area contributed by atoms with Gasteiger partial charge in [-0.25, -0.2) is 9.59 Å². The Labute approximate surface area is 189 Å². The van der Waals surface area contributed by atoms with E-state index in [2.05, 4.69) is 41.1 Å². The standard InChI is InChI=1S/C27H24N2O2P/c1-20(30)29(21(2)31)19-28(24-13-5-3-6-14-24)32(25-15-7-4-8-16-25)27-18-23-12-10-9-11-22(23)17-26(27)29/h3-18H,19H2,1-2H3/q+1. The van der Waals surface area contributed by atoms with Crippen molar-refractivity contribution in [2.45, 2.75) is 13.8 Å². The first kappa shape index (κ1) is 20.6. The van der Waals surface area contributed by atoms with Crippen molar-refractivity contribution in [3.8, 4) is 0 Å². The molecule has 1 atom stereocenters. The zero-order valence-electron chi connectivity index (χ0n) is 18.1. The Morgan fingerprint density at radius 3 is 1.88 bits per heavy atom. The molecule has 0 spiro atoms. The average Bonchev–Trinajstić information content (AvgIpc) is 2.82. The minimum atomic E-state index is -0.990. The third kappa shape index (κ3) is 3.15. The first-order chi connectivity index (χ1) is 15.5. The molecule has 1 unspecified atom stereocenters. The molecule has 0 fully saturated rings. The molecule has 2 amide bonds. The quantitative estimate of drug-likeness (QED) is 0.323. The van der Waals surface area contributed by atoms with Crippen molar-refractivity contribution in [2.75, 3.05) is 11.3 Å². The number of rotatable bonds is 2. The van der Waals surface area contributed by atoms with Crippen LogP contribution in [0.15, 0.2) is 97.1 Å². The molecule has 0 aliphatic carbocycles. The van der Waals surface area contributed by atoms with Crippen molar-refractivity contribution >= 4 is 52.6 Å². The van der Waals surface area contributed by atoms with Gasteiger partial charge in [0.1, 0.15) is 0 Å². The summed E-state index contributed by atoms with van der Waals surface area (Å²) in [7, 11) is -0.990. The first-order valence-electron chi connectivity index (χ1n) is 10.6. The molecule has 32 heavy (non-hydrogen) atoms. The van der Waals surface area contributed by atoms with E-state index in [1.807, 2.05) is 60.7 Å². The zero-order valence-corrected chi connectivity index (χ0v) is 19.0. The number of amides is 2. The largest absolute Gasteiger partial charge is 0.324 e. The Bertz CT molecular complexity index is 1310. The van der Waals surface area contributed by atoms with Gasteiger partial charge in [0.2, 0.25) is 0 Å². The Hall–Kier alpha value is -3.33. The van der Waals surface area contributed by atoms with Crippen LogP contribution in [0.1, 0.15) is 13.8 Å². The molecule has 0 aromatic heterocycles. The lowest BCUT2D eigenvalue weighted by Gasteiger charge is -2.46. The molecular weight excluding hydrogens is 415 g/mol. The summed E-state index contributed by atoms with van der Waals surface area (Å²) in [5, 5.41) is 4.38. The highest BCUT2D eigenvalue weighted by molar-refractivity contribution is 7.74. The van der Waals surface area contributed by atoms with Crippen molar-refractivity contribution in [3.63, 3.8) is 0 Å². The van der Waals surface area contributed by atoms with Gasteiger partial charge >= 0.3 is 11.8 Å². The van der Waals surface area contributed by atoms with Crippen LogP contribution in [0.25, 0.3) is 10.8 Å². The van der Waals surface area contributed by atoms with Gasteiger partial charge in [-0.3, -0.25) is 4.67 Å². The van der Waals surface area contributed by atoms with Gasteiger partial charge in [-0.15, -0.1) is 4.48 Å². The van der Waals surface area contributed by atoms with E-state index in [9.17, 15) is 9.59 Å². The fourth-order valence-electron chi connectivity index (χ4n) is 4.57. The van der Waals surface area contributed by atoms with E-state index in [0.717, 1.165) is 27.5 Å². The van der Waals surface area contributed by atoms with E-state index in [-0.39, 0.29) is 23.0 Å². The molecule has 0 radical (unpaired) electrons. The summed E-state index contributed by atoms with van der Waals surface area (Å²) in [6.07, 6.45) is 0. The smallest absolute Gasteiger partial charge is 0.294 e. The van der Waals surface area contributed by atoms with Crippen LogP contribution in [0.3, 0.4) is 0 Å². The SMILES string of the molecule is CC(=O)[N+]1(C(C)=O)CN(c2ccccc2)P(c2ccccc2)c2cc3ccccc3cc21. The third-order valence-electron chi connectivity index (χ3n) is 6.20. The number of carbonyl (C=O) groups is 2. The van der Waals surface area contributed by atoms with Gasteiger partial charge < -0.3 is 0 Å². The number of hydrogen-bond acceptors (Lipinski definition) is 3. The Morgan fingerprint density at radius 2 is 1.28 bits per heavy atom. The van der Waals surface area contributed by atoms with Gasteiger partial charge in [-0.1, -0.05) is 72.8 Å². The molecule has 4 aromatic carbocycles. The number of para-hydroxylation sites is 1. The highest BCUT2D eigenvalue weighted by Crippen LogP contribution is 2.51. The van der Waals surface area contributed by atoms with Gasteiger partial charge in [-0.05, 0) is 29.0 Å². The van der Waals surface area contributed by atoms with Crippen LogP contribution in [0.5, 0.6) is 0 Å². The van der Waals surface area contributed by atoms with Crippen LogP contribution >= 0.6 is 8.07 Å². The molecule has 1 aliphatic rings. The van der Waals surface area contributed by atoms with E-state index in [4.69, 9.17) is 0 Å². The summed E-state index contributed by atoms with van der Waals surface area (Å²) in [6.45, 7) is 3.33. The molecular formula is C27H24N2O2P+. The third-order valence-corrected chi connectivity index (χ3v) is 8.64. The van der Waals surface area contributed by atoms with E-state index in [0.29, 0.717) is 0 Å². The summed E-state index contributed by atoms with van der Waals surface area (Å²) in [6, 6.07) is 32.9. The maximum absolute atomic E-state index is 13.2. The van der Waals surface area contributed by atoms with Gasteiger partial charge in [0.15, 0.2) is 12.4 Å². The maximum atomic E-state index is 13.2. The van der Waals surface area contributed by atoms with E-state index >= 15 is 0 Å². The molecule has 4 aromatic rings. The predicted molar refractivity (Wildman–Crippen MR) is 134 cm³/mol. The second-order valence-corrected chi connectivity index (χ2v) is 10.2. The number of imide groups is 1. The van der Waals surface area contributed by atoms with Gasteiger partial charge in [0.25, 0.3) is 0 Å². The van der Waals surface area contributed by atoms with Crippen LogP contribution < -0.4 is 19.8 Å². The van der Waals surface area contributed by atoms with Crippen molar-refractivity contribution in [2.24, 2.45) is 0 Å². The maximum Gasteiger partial charge on any atom is 0.324 e. The molecule has 0 saturated carbocycles. The molecule has 158 valence electrons. The minimum Gasteiger partial charge on any atom is -0.294 e.